The Balaban J connectivity index is 2.14. The van der Waals surface area contributed by atoms with Crippen LogP contribution in [0.4, 0.5) is 0 Å². The summed E-state index contributed by atoms with van der Waals surface area (Å²) in [7, 11) is 0. The van der Waals surface area contributed by atoms with Gasteiger partial charge in [-0.05, 0) is 64.2 Å². The van der Waals surface area contributed by atoms with Crippen molar-refractivity contribution in [3.63, 3.8) is 0 Å². The highest BCUT2D eigenvalue weighted by atomic mass is 32.2. The molecule has 2 bridgehead atoms. The van der Waals surface area contributed by atoms with Crippen molar-refractivity contribution in [3.8, 4) is 0 Å². The van der Waals surface area contributed by atoms with Crippen LogP contribution in [0.25, 0.3) is 0 Å². The van der Waals surface area contributed by atoms with E-state index in [2.05, 4.69) is 54.7 Å². The summed E-state index contributed by atoms with van der Waals surface area (Å²) in [5.41, 5.74) is -0.541. The maximum absolute atomic E-state index is 15.0. The zero-order chi connectivity index (χ0) is 31.0. The van der Waals surface area contributed by atoms with Crippen LogP contribution in [0.5, 0.6) is 0 Å². The first-order valence-electron chi connectivity index (χ1n) is 15.4. The highest BCUT2D eigenvalue weighted by Crippen LogP contribution is 2.72. The highest BCUT2D eigenvalue weighted by molar-refractivity contribution is 8.02. The number of aliphatic hydroxyl groups is 1. The average Bonchev–Trinajstić information content (AvgIpc) is 3.44. The van der Waals surface area contributed by atoms with Crippen LogP contribution in [-0.2, 0) is 19.1 Å². The van der Waals surface area contributed by atoms with Crippen LogP contribution in [0.1, 0.15) is 93.9 Å². The first kappa shape index (κ1) is 33.7. The van der Waals surface area contributed by atoms with Crippen LogP contribution < -0.4 is 0 Å². The third-order valence-corrected chi connectivity index (χ3v) is 11.6. The van der Waals surface area contributed by atoms with Crippen LogP contribution >= 0.6 is 11.8 Å². The molecule has 7 atom stereocenters. The molecule has 0 saturated carbocycles. The maximum atomic E-state index is 15.0. The van der Waals surface area contributed by atoms with Gasteiger partial charge in [-0.3, -0.25) is 14.4 Å². The number of hydrogen-bond acceptors (Lipinski definition) is 6. The number of hydrogen-bond donors (Lipinski definition) is 1. The van der Waals surface area contributed by atoms with Gasteiger partial charge >= 0.3 is 5.97 Å². The number of amides is 2. The average molecular weight is 591 g/mol. The number of fused-ring (bicyclic) bond motifs is 1. The number of ether oxygens (including phenoxy) is 1. The Hall–Kier alpha value is -1.80. The number of likely N-dealkylation sites (tertiary alicyclic amines) is 1. The molecule has 3 rings (SSSR count). The van der Waals surface area contributed by atoms with Crippen molar-refractivity contribution in [2.75, 3.05) is 19.8 Å². The zero-order valence-electron chi connectivity index (χ0n) is 26.7. The smallest absolute Gasteiger partial charge is 0.311 e. The summed E-state index contributed by atoms with van der Waals surface area (Å²) in [6, 6.07) is -1.30. The van der Waals surface area contributed by atoms with Crippen molar-refractivity contribution < 1.29 is 24.2 Å². The van der Waals surface area contributed by atoms with Gasteiger partial charge in [0.2, 0.25) is 11.8 Å². The normalized spacial score (nSPS) is 30.6. The molecular weight excluding hydrogens is 536 g/mol. The lowest BCUT2D eigenvalue weighted by atomic mass is 9.66. The molecule has 2 amide bonds. The van der Waals surface area contributed by atoms with Crippen molar-refractivity contribution in [1.82, 2.24) is 9.80 Å². The van der Waals surface area contributed by atoms with Gasteiger partial charge in [-0.2, -0.15) is 0 Å². The standard InChI is InChI=1S/C33H54N2O5S/c1-11-14-15-19-40-29(39)25-24-27(37)35(23(20-36)22(4)13-3)26(33(24)17-16-32(25,10)41-33)28(38)34(18-12-2)31(8,9)21-30(5,6)7/h11-12,22-26,36H,1-2,13-21H2,3-10H3/t22-,23-,24-,25-,26?,32+,33?/m0/s1. The Bertz CT molecular complexity index is 1020. The third-order valence-electron chi connectivity index (χ3n) is 9.62. The predicted octanol–water partition coefficient (Wildman–Crippen LogP) is 5.61. The number of rotatable bonds is 14. The van der Waals surface area contributed by atoms with E-state index in [1.54, 1.807) is 28.8 Å². The molecular formula is C33H54N2O5S. The molecule has 1 spiro atoms. The van der Waals surface area contributed by atoms with Gasteiger partial charge in [0.15, 0.2) is 0 Å². The number of nitrogens with zero attached hydrogens (tertiary/aromatic N) is 2. The molecule has 3 saturated heterocycles. The fourth-order valence-corrected chi connectivity index (χ4v) is 10.3. The highest BCUT2D eigenvalue weighted by Gasteiger charge is 2.78. The maximum Gasteiger partial charge on any atom is 0.311 e. The number of carbonyl (C=O) groups is 3. The van der Waals surface area contributed by atoms with Gasteiger partial charge in [-0.15, -0.1) is 24.9 Å². The molecule has 41 heavy (non-hydrogen) atoms. The van der Waals surface area contributed by atoms with E-state index in [9.17, 15) is 19.5 Å². The van der Waals surface area contributed by atoms with Crippen LogP contribution in [-0.4, -0.2) is 79.6 Å². The molecule has 3 heterocycles. The first-order chi connectivity index (χ1) is 19.0. The van der Waals surface area contributed by atoms with Crippen molar-refractivity contribution >= 4 is 29.5 Å². The van der Waals surface area contributed by atoms with Gasteiger partial charge in [0.05, 0.1) is 35.8 Å². The molecule has 2 unspecified atom stereocenters. The number of unbranched alkanes of at least 4 members (excludes halogenated alkanes) is 1. The lowest BCUT2D eigenvalue weighted by Gasteiger charge is -2.47. The van der Waals surface area contributed by atoms with E-state index in [4.69, 9.17) is 4.74 Å². The number of allylic oxidation sites excluding steroid dienone is 1. The topological polar surface area (TPSA) is 87.1 Å². The number of aliphatic hydroxyl groups excluding tert-OH is 1. The summed E-state index contributed by atoms with van der Waals surface area (Å²) in [5.74, 6) is -1.98. The predicted molar refractivity (Wildman–Crippen MR) is 166 cm³/mol. The van der Waals surface area contributed by atoms with Gasteiger partial charge in [-0.1, -0.05) is 53.2 Å². The molecule has 0 aliphatic carbocycles. The minimum atomic E-state index is -0.782. The zero-order valence-corrected chi connectivity index (χ0v) is 27.5. The molecule has 8 heteroatoms. The van der Waals surface area contributed by atoms with Gasteiger partial charge in [0.1, 0.15) is 6.04 Å². The second kappa shape index (κ2) is 12.4. The number of esters is 1. The molecule has 3 fully saturated rings. The summed E-state index contributed by atoms with van der Waals surface area (Å²) in [6.07, 6.45) is 7.88. The SMILES string of the molecule is C=CCCCOC(=O)[C@@H]1[C@H]2C(=O)N([C@@H](CO)[C@@H](C)CC)C(C(=O)N(CC=C)C(C)(C)CC(C)(C)C)C23CC[C@@]1(C)S3. The van der Waals surface area contributed by atoms with E-state index < -0.39 is 39.0 Å². The second-order valence-electron chi connectivity index (χ2n) is 14.5. The molecule has 1 N–H and O–H groups in total. The van der Waals surface area contributed by atoms with E-state index in [0.717, 1.165) is 25.7 Å². The molecule has 3 aliphatic rings. The molecule has 0 aromatic heterocycles. The van der Waals surface area contributed by atoms with Gasteiger partial charge in [0.25, 0.3) is 0 Å². The van der Waals surface area contributed by atoms with Crippen LogP contribution in [0, 0.1) is 23.2 Å². The largest absolute Gasteiger partial charge is 0.465 e. The third kappa shape index (κ3) is 6.15. The first-order valence-corrected chi connectivity index (χ1v) is 16.2. The van der Waals surface area contributed by atoms with Gasteiger partial charge in [-0.25, -0.2) is 0 Å². The molecule has 0 radical (unpaired) electrons. The fourth-order valence-electron chi connectivity index (χ4n) is 7.97. The summed E-state index contributed by atoms with van der Waals surface area (Å²) < 4.78 is 4.50. The Labute approximate surface area is 252 Å². The van der Waals surface area contributed by atoms with Crippen molar-refractivity contribution in [3.05, 3.63) is 25.3 Å². The Morgan fingerprint density at radius 3 is 2.41 bits per heavy atom. The summed E-state index contributed by atoms with van der Waals surface area (Å²) in [6.45, 7) is 24.9. The quantitative estimate of drug-likeness (QED) is 0.161. The molecule has 0 aromatic carbocycles. The summed E-state index contributed by atoms with van der Waals surface area (Å²) in [5, 5.41) is 10.6. The van der Waals surface area contributed by atoms with E-state index in [1.807, 2.05) is 18.7 Å². The minimum Gasteiger partial charge on any atom is -0.465 e. The van der Waals surface area contributed by atoms with E-state index in [0.29, 0.717) is 19.4 Å². The summed E-state index contributed by atoms with van der Waals surface area (Å²) >= 11 is 1.65. The van der Waals surface area contributed by atoms with Crippen molar-refractivity contribution in [1.29, 1.82) is 0 Å². The Morgan fingerprint density at radius 2 is 1.88 bits per heavy atom. The second-order valence-corrected chi connectivity index (χ2v) is 16.4. The lowest BCUT2D eigenvalue weighted by Crippen LogP contribution is -2.62. The number of carbonyl (C=O) groups excluding carboxylic acids is 3. The van der Waals surface area contributed by atoms with Crippen LogP contribution in [0.2, 0.25) is 0 Å². The van der Waals surface area contributed by atoms with E-state index in [1.165, 1.54) is 0 Å². The van der Waals surface area contributed by atoms with Crippen molar-refractivity contribution in [2.24, 2.45) is 23.2 Å². The van der Waals surface area contributed by atoms with Crippen LogP contribution in [0.15, 0.2) is 25.3 Å². The fraction of sp³-hybridized carbons (Fsp3) is 0.788. The lowest BCUT2D eigenvalue weighted by molar-refractivity contribution is -0.156. The monoisotopic (exact) mass is 590 g/mol. The molecule has 0 aromatic rings. The van der Waals surface area contributed by atoms with Crippen LogP contribution in [0.3, 0.4) is 0 Å². The van der Waals surface area contributed by atoms with Gasteiger partial charge < -0.3 is 19.6 Å². The molecule has 7 nitrogen and oxygen atoms in total. The number of thioether (sulfide) groups is 1. The molecule has 232 valence electrons. The van der Waals surface area contributed by atoms with Crippen molar-refractivity contribution in [2.45, 2.75) is 121 Å². The van der Waals surface area contributed by atoms with E-state index in [-0.39, 0.29) is 42.3 Å². The molecule has 3 aliphatic heterocycles. The van der Waals surface area contributed by atoms with Gasteiger partial charge in [0, 0.05) is 16.8 Å². The Kier molecular flexibility index (Phi) is 10.2. The summed E-state index contributed by atoms with van der Waals surface area (Å²) in [4.78, 5) is 46.8. The minimum absolute atomic E-state index is 0.0213. The Morgan fingerprint density at radius 1 is 1.22 bits per heavy atom. The van der Waals surface area contributed by atoms with E-state index >= 15 is 0 Å².